The van der Waals surface area contributed by atoms with Crippen molar-refractivity contribution in [3.63, 3.8) is 0 Å². The molecule has 2 bridgehead atoms. The second-order valence-electron chi connectivity index (χ2n) is 7.66. The number of amides is 1. The van der Waals surface area contributed by atoms with E-state index in [1.165, 1.54) is 50.4 Å². The number of pyridine rings is 1. The summed E-state index contributed by atoms with van der Waals surface area (Å²) in [6.45, 7) is 1.40. The zero-order chi connectivity index (χ0) is 23.0. The molecule has 0 saturated carbocycles. The van der Waals surface area contributed by atoms with Crippen LogP contribution in [-0.4, -0.2) is 66.3 Å². The largest absolute Gasteiger partial charge is 0.468 e. The zero-order valence-corrected chi connectivity index (χ0v) is 18.3. The molecule has 0 spiro atoms. The number of rotatable bonds is 5. The third-order valence-corrected chi connectivity index (χ3v) is 7.60. The first-order valence-corrected chi connectivity index (χ1v) is 11.4. The lowest BCUT2D eigenvalue weighted by Gasteiger charge is -2.44. The van der Waals surface area contributed by atoms with Gasteiger partial charge in [-0.1, -0.05) is 0 Å². The minimum absolute atomic E-state index is 0.00793. The molecular formula is C21H22FN3O6S. The molecule has 1 aromatic heterocycles. The summed E-state index contributed by atoms with van der Waals surface area (Å²) in [6.07, 6.45) is 2.26. The minimum atomic E-state index is -4.11. The van der Waals surface area contributed by atoms with E-state index in [-0.39, 0.29) is 29.3 Å². The van der Waals surface area contributed by atoms with Crippen molar-refractivity contribution in [2.75, 3.05) is 13.7 Å². The van der Waals surface area contributed by atoms with Crippen LogP contribution in [0.5, 0.6) is 11.6 Å². The van der Waals surface area contributed by atoms with Crippen LogP contribution in [0.25, 0.3) is 0 Å². The number of piperazine rings is 1. The topological polar surface area (TPSA) is 106 Å². The molecule has 2 aliphatic rings. The molecule has 3 atom stereocenters. The predicted octanol–water partition coefficient (Wildman–Crippen LogP) is 1.94. The van der Waals surface area contributed by atoms with Crippen molar-refractivity contribution in [3.8, 4) is 11.6 Å². The highest BCUT2D eigenvalue weighted by atomic mass is 32.2. The van der Waals surface area contributed by atoms with Gasteiger partial charge in [-0.05, 0) is 43.2 Å². The van der Waals surface area contributed by atoms with Gasteiger partial charge in [-0.15, -0.1) is 0 Å². The number of hydrogen-bond donors (Lipinski definition) is 0. The lowest BCUT2D eigenvalue weighted by atomic mass is 10.1. The fourth-order valence-electron chi connectivity index (χ4n) is 4.39. The van der Waals surface area contributed by atoms with Gasteiger partial charge in [0.1, 0.15) is 22.5 Å². The van der Waals surface area contributed by atoms with Crippen molar-refractivity contribution in [2.24, 2.45) is 0 Å². The van der Waals surface area contributed by atoms with Gasteiger partial charge in [0.25, 0.3) is 0 Å². The van der Waals surface area contributed by atoms with Crippen LogP contribution in [0.4, 0.5) is 4.39 Å². The van der Waals surface area contributed by atoms with Gasteiger partial charge in [0.2, 0.25) is 21.8 Å². The molecule has 2 aromatic rings. The summed E-state index contributed by atoms with van der Waals surface area (Å²) in [4.78, 5) is 30.2. The van der Waals surface area contributed by atoms with Crippen LogP contribution in [-0.2, 0) is 24.3 Å². The van der Waals surface area contributed by atoms with Crippen molar-refractivity contribution in [1.29, 1.82) is 0 Å². The van der Waals surface area contributed by atoms with E-state index in [1.54, 1.807) is 4.90 Å². The van der Waals surface area contributed by atoms with Crippen LogP contribution < -0.4 is 4.74 Å². The van der Waals surface area contributed by atoms with Crippen molar-refractivity contribution in [2.45, 2.75) is 42.8 Å². The normalized spacial score (nSPS) is 23.1. The lowest BCUT2D eigenvalue weighted by molar-refractivity contribution is -0.152. The molecule has 2 saturated heterocycles. The number of aromatic nitrogens is 1. The molecule has 9 nitrogen and oxygen atoms in total. The first-order chi connectivity index (χ1) is 15.2. The molecule has 1 aromatic carbocycles. The molecule has 2 aliphatic heterocycles. The molecule has 0 radical (unpaired) electrons. The number of benzene rings is 1. The Hall–Kier alpha value is -3.05. The van der Waals surface area contributed by atoms with E-state index in [0.29, 0.717) is 18.6 Å². The van der Waals surface area contributed by atoms with Gasteiger partial charge in [-0.2, -0.15) is 4.31 Å². The van der Waals surface area contributed by atoms with Gasteiger partial charge in [-0.25, -0.2) is 17.8 Å². The second-order valence-corrected chi connectivity index (χ2v) is 9.55. The highest BCUT2D eigenvalue weighted by Crippen LogP contribution is 2.37. The Labute approximate surface area is 184 Å². The second kappa shape index (κ2) is 8.47. The summed E-state index contributed by atoms with van der Waals surface area (Å²) < 4.78 is 51.3. The lowest BCUT2D eigenvalue weighted by Crippen LogP contribution is -2.64. The number of esters is 1. The van der Waals surface area contributed by atoms with Gasteiger partial charge in [-0.3, -0.25) is 9.59 Å². The summed E-state index contributed by atoms with van der Waals surface area (Å²) in [7, 11) is -2.92. The van der Waals surface area contributed by atoms with E-state index in [2.05, 4.69) is 4.98 Å². The number of methoxy groups -OCH3 is 1. The molecule has 32 heavy (non-hydrogen) atoms. The van der Waals surface area contributed by atoms with Gasteiger partial charge in [0, 0.05) is 25.6 Å². The molecule has 11 heteroatoms. The maximum absolute atomic E-state index is 13.4. The minimum Gasteiger partial charge on any atom is -0.468 e. The number of fused-ring (bicyclic) bond motifs is 2. The van der Waals surface area contributed by atoms with Crippen LogP contribution in [0.15, 0.2) is 47.5 Å². The van der Waals surface area contributed by atoms with Crippen LogP contribution in [0, 0.1) is 5.82 Å². The van der Waals surface area contributed by atoms with Gasteiger partial charge >= 0.3 is 5.97 Å². The van der Waals surface area contributed by atoms with E-state index in [0.717, 1.165) is 10.5 Å². The van der Waals surface area contributed by atoms with Crippen LogP contribution in [0.1, 0.15) is 19.8 Å². The fourth-order valence-corrected chi connectivity index (χ4v) is 5.98. The van der Waals surface area contributed by atoms with Crippen molar-refractivity contribution in [1.82, 2.24) is 14.2 Å². The van der Waals surface area contributed by atoms with Crippen molar-refractivity contribution in [3.05, 3.63) is 48.4 Å². The fraction of sp³-hybridized carbons (Fsp3) is 0.381. The molecular weight excluding hydrogens is 441 g/mol. The molecule has 3 heterocycles. The van der Waals surface area contributed by atoms with Crippen molar-refractivity contribution >= 4 is 21.9 Å². The van der Waals surface area contributed by atoms with Gasteiger partial charge < -0.3 is 14.4 Å². The van der Waals surface area contributed by atoms with E-state index in [9.17, 15) is 22.4 Å². The maximum atomic E-state index is 13.4. The Morgan fingerprint density at radius 1 is 1.12 bits per heavy atom. The molecule has 0 unspecified atom stereocenters. The molecule has 0 aliphatic carbocycles. The quantitative estimate of drug-likeness (QED) is 0.624. The number of sulfonamides is 1. The summed E-state index contributed by atoms with van der Waals surface area (Å²) in [5, 5.41) is 0. The Kier molecular flexibility index (Phi) is 5.87. The first kappa shape index (κ1) is 22.2. The van der Waals surface area contributed by atoms with Gasteiger partial charge in [0.05, 0.1) is 19.3 Å². The molecule has 2 fully saturated rings. The van der Waals surface area contributed by atoms with E-state index >= 15 is 0 Å². The van der Waals surface area contributed by atoms with E-state index in [1.807, 2.05) is 0 Å². The smallest absolute Gasteiger partial charge is 0.326 e. The summed E-state index contributed by atoms with van der Waals surface area (Å²) in [6, 6.07) is 6.00. The molecule has 4 rings (SSSR count). The predicted molar refractivity (Wildman–Crippen MR) is 110 cm³/mol. The standard InChI is InChI=1S/C21H22FN3O6S/c1-13(26)25-15-5-9-18(25)20(21(27)30-2)24(12-15)32(28,29)17-8-10-19(23-11-17)31-16-6-3-14(22)4-7-16/h3-4,6-8,10-11,15,18,20H,5,9,12H2,1-2H3/t15-,18+,20+/m1/s1. The Bertz CT molecular complexity index is 1120. The summed E-state index contributed by atoms with van der Waals surface area (Å²) >= 11 is 0. The number of ether oxygens (including phenoxy) is 2. The highest BCUT2D eigenvalue weighted by molar-refractivity contribution is 7.89. The van der Waals surface area contributed by atoms with Crippen LogP contribution in [0.3, 0.4) is 0 Å². The van der Waals surface area contributed by atoms with Crippen LogP contribution >= 0.6 is 0 Å². The van der Waals surface area contributed by atoms with E-state index < -0.39 is 33.9 Å². The number of halogens is 1. The first-order valence-electron chi connectivity index (χ1n) is 10.0. The highest BCUT2D eigenvalue weighted by Gasteiger charge is 2.54. The van der Waals surface area contributed by atoms with Crippen LogP contribution in [0.2, 0.25) is 0 Å². The molecule has 1 amide bonds. The monoisotopic (exact) mass is 463 g/mol. The summed E-state index contributed by atoms with van der Waals surface area (Å²) in [5.74, 6) is -0.855. The number of carbonyl (C=O) groups is 2. The van der Waals surface area contributed by atoms with E-state index in [4.69, 9.17) is 9.47 Å². The Morgan fingerprint density at radius 3 is 2.44 bits per heavy atom. The Morgan fingerprint density at radius 2 is 1.84 bits per heavy atom. The maximum Gasteiger partial charge on any atom is 0.326 e. The number of nitrogens with zero attached hydrogens (tertiary/aromatic N) is 3. The molecule has 170 valence electrons. The SMILES string of the molecule is COC(=O)[C@@H]1[C@@H]2CC[C@H](CN1S(=O)(=O)c1ccc(Oc3ccc(F)cc3)nc1)N2C(C)=O. The van der Waals surface area contributed by atoms with Gasteiger partial charge in [0.15, 0.2) is 0 Å². The molecule has 0 N–H and O–H groups in total. The van der Waals surface area contributed by atoms with Crippen molar-refractivity contribution < 1.29 is 31.9 Å². The zero-order valence-electron chi connectivity index (χ0n) is 17.5. The third kappa shape index (κ3) is 3.93. The number of carbonyl (C=O) groups excluding carboxylic acids is 2. The Balaban J connectivity index is 1.61. The number of hydrogen-bond acceptors (Lipinski definition) is 7. The third-order valence-electron chi connectivity index (χ3n) is 5.77. The summed E-state index contributed by atoms with van der Waals surface area (Å²) in [5.41, 5.74) is 0. The average molecular weight is 463 g/mol. The average Bonchev–Trinajstić information content (AvgIpc) is 3.09.